The average Bonchev–Trinajstić information content (AvgIpc) is 0.846. The van der Waals surface area contributed by atoms with Gasteiger partial charge in [-0.2, -0.15) is 0 Å². The van der Waals surface area contributed by atoms with Crippen LogP contribution >= 0.6 is 0 Å². The minimum atomic E-state index is -1.56. The van der Waals surface area contributed by atoms with E-state index in [1.165, 1.54) is 42.0 Å². The molecule has 24 nitrogen and oxygen atoms in total. The van der Waals surface area contributed by atoms with Gasteiger partial charge in [-0.1, -0.05) is 104 Å². The number of carbonyl (C=O) groups is 8. The van der Waals surface area contributed by atoms with E-state index in [0.29, 0.717) is 88.5 Å². The van der Waals surface area contributed by atoms with Crippen molar-refractivity contribution in [2.75, 3.05) is 90.6 Å². The fraction of sp³-hybridized carbons (Fsp3) is 0.600. The van der Waals surface area contributed by atoms with Gasteiger partial charge in [0.1, 0.15) is 24.2 Å². The summed E-state index contributed by atoms with van der Waals surface area (Å²) in [4.78, 5) is 146. The Morgan fingerprint density at radius 2 is 0.628 bits per heavy atom. The van der Waals surface area contributed by atoms with Crippen molar-refractivity contribution in [2.45, 2.75) is 169 Å². The minimum Gasteiger partial charge on any atom is -0.451 e. The third-order valence-corrected chi connectivity index (χ3v) is 17.2. The second kappa shape index (κ2) is 34.3. The maximum atomic E-state index is 15.2. The molecule has 0 bridgehead atoms. The summed E-state index contributed by atoms with van der Waals surface area (Å²) in [5.74, 6) is -6.32. The molecule has 0 saturated carbocycles. The first-order valence-electron chi connectivity index (χ1n) is 33.0. The van der Waals surface area contributed by atoms with Crippen LogP contribution in [0.15, 0.2) is 73.3 Å². The number of esters is 4. The van der Waals surface area contributed by atoms with E-state index in [4.69, 9.17) is 28.4 Å². The Morgan fingerprint density at radius 1 is 0.372 bits per heavy atom. The summed E-state index contributed by atoms with van der Waals surface area (Å²) in [6, 6.07) is 9.60. The molecule has 7 rings (SSSR count). The predicted molar refractivity (Wildman–Crippen MR) is 351 cm³/mol. The number of cyclic esters (lactones) is 4. The Balaban J connectivity index is 1.20. The molecule has 0 N–H and O–H groups in total. The zero-order valence-corrected chi connectivity index (χ0v) is 57.4. The molecule has 94 heavy (non-hydrogen) atoms. The highest BCUT2D eigenvalue weighted by atomic mass is 16.6. The molecule has 5 heterocycles. The van der Waals surface area contributed by atoms with Gasteiger partial charge in [0.05, 0.1) is 26.4 Å². The number of nitrogens with zero attached hydrogens (tertiary/aromatic N) is 10. The van der Waals surface area contributed by atoms with Gasteiger partial charge in [-0.05, 0) is 96.6 Å². The number of hydrogen-bond acceptors (Lipinski definition) is 20. The Labute approximate surface area is 553 Å². The van der Waals surface area contributed by atoms with Crippen molar-refractivity contribution >= 4 is 59.4 Å². The van der Waals surface area contributed by atoms with E-state index in [9.17, 15) is 28.8 Å². The van der Waals surface area contributed by atoms with Gasteiger partial charge < -0.3 is 57.8 Å². The number of carbonyl (C=O) groups excluding carboxylic acids is 8. The maximum Gasteiger partial charge on any atom is 0.329 e. The lowest BCUT2D eigenvalue weighted by Gasteiger charge is -2.35. The third-order valence-electron chi connectivity index (χ3n) is 17.2. The molecule has 0 spiro atoms. The lowest BCUT2D eigenvalue weighted by atomic mass is 9.99. The summed E-state index contributed by atoms with van der Waals surface area (Å²) in [6.45, 7) is 22.8. The van der Waals surface area contributed by atoms with Crippen LogP contribution in [0.25, 0.3) is 0 Å². The molecule has 24 heteroatoms. The van der Waals surface area contributed by atoms with E-state index in [2.05, 4.69) is 29.7 Å². The molecule has 3 aliphatic rings. The van der Waals surface area contributed by atoms with E-state index in [0.717, 1.165) is 41.9 Å². The number of hydrogen-bond donors (Lipinski definition) is 0. The Morgan fingerprint density at radius 3 is 0.904 bits per heavy atom. The molecular formula is C70H98N10O14. The molecule has 3 fully saturated rings. The second-order valence-corrected chi connectivity index (χ2v) is 26.8. The summed E-state index contributed by atoms with van der Waals surface area (Å²) < 4.78 is 35.4. The predicted octanol–water partition coefficient (Wildman–Crippen LogP) is 6.10. The van der Waals surface area contributed by atoms with Crippen LogP contribution in [-0.4, -0.2) is 216 Å². The van der Waals surface area contributed by atoms with Crippen molar-refractivity contribution in [3.05, 3.63) is 107 Å². The number of benzene rings is 2. The molecular weight excluding hydrogens is 1200 g/mol. The smallest absolute Gasteiger partial charge is 0.329 e. The standard InChI is InChI=1S/C70H98N10O14/c1-43(2)31-55-65(85)91-47(9)61(81)75(11)58(34-46(7)8)68(88)94-60(38-52-21-17-50(18-22-52)36-54-41-73-70(74-42-54)80-25-29-90-30-26-80)64(84)78(14)56(32-44(3)4)66(86)92-48(10)62(82)76(12)57(33-45(5)6)67(87)93-59(63(83)77(55)13)37-51-19-15-49(16-20-51)35-53-39-71-69(72-40-53)79-23-27-89-28-24-79/h15-22,39-48,55-60H,23-38H2,1-14H3/t47-,48-,55+,56+,57+,58+,59-,60-/m1/s1. The molecule has 2 aromatic carbocycles. The maximum absolute atomic E-state index is 15.2. The number of ether oxygens (including phenoxy) is 6. The molecule has 4 amide bonds. The Hall–Kier alpha value is -8.12. The monoisotopic (exact) mass is 1300 g/mol. The number of aromatic nitrogens is 4. The molecule has 0 radical (unpaired) electrons. The average molecular weight is 1300 g/mol. The first-order valence-corrected chi connectivity index (χ1v) is 33.0. The van der Waals surface area contributed by atoms with Crippen molar-refractivity contribution in [3.8, 4) is 0 Å². The zero-order chi connectivity index (χ0) is 68.5. The van der Waals surface area contributed by atoms with E-state index < -0.39 is 96.1 Å². The second-order valence-electron chi connectivity index (χ2n) is 26.8. The first-order chi connectivity index (χ1) is 44.7. The van der Waals surface area contributed by atoms with Crippen LogP contribution in [0.3, 0.4) is 0 Å². The van der Waals surface area contributed by atoms with Crippen LogP contribution in [0.5, 0.6) is 0 Å². The van der Waals surface area contributed by atoms with Gasteiger partial charge >= 0.3 is 23.9 Å². The summed E-state index contributed by atoms with van der Waals surface area (Å²) in [5.41, 5.74) is 4.80. The SMILES string of the molecule is CC(C)C[C@H]1C(=O)O[C@H](Cc2ccc(Cc3cnc(N4CCOCC4)nc3)cc2)C(=O)N(C)[C@@H](CC(C)C)C(=O)O[C@H](C)C(=O)N(C)[C@@H](CC(C)C)C(=O)O[C@H](Cc2ccc(Cc3cnc(N4CCOCC4)nc3)cc2)C(=O)N(C)[C@@H](CC(C)C)C(=O)O[C@H](C)C(=O)N1C. The lowest BCUT2D eigenvalue weighted by molar-refractivity contribution is -0.176. The van der Waals surface area contributed by atoms with Gasteiger partial charge in [0.25, 0.3) is 23.6 Å². The van der Waals surface area contributed by atoms with Gasteiger partial charge in [-0.15, -0.1) is 0 Å². The number of amides is 4. The first kappa shape index (κ1) is 73.3. The Kier molecular flexibility index (Phi) is 26.8. The van der Waals surface area contributed by atoms with E-state index >= 15 is 9.59 Å². The summed E-state index contributed by atoms with van der Waals surface area (Å²) in [6.07, 6.45) is 2.00. The zero-order valence-electron chi connectivity index (χ0n) is 57.4. The van der Waals surface area contributed by atoms with Gasteiger partial charge in [-0.3, -0.25) is 19.2 Å². The highest BCUT2D eigenvalue weighted by molar-refractivity contribution is 5.94. The summed E-state index contributed by atoms with van der Waals surface area (Å²) >= 11 is 0. The quantitative estimate of drug-likeness (QED) is 0.0805. The van der Waals surface area contributed by atoms with Crippen LogP contribution < -0.4 is 9.80 Å². The fourth-order valence-corrected chi connectivity index (χ4v) is 11.7. The van der Waals surface area contributed by atoms with Crippen molar-refractivity contribution in [2.24, 2.45) is 23.7 Å². The molecule has 8 atom stereocenters. The van der Waals surface area contributed by atoms with Crippen LogP contribution in [-0.2, 0) is 92.5 Å². The molecule has 3 saturated heterocycles. The highest BCUT2D eigenvalue weighted by Gasteiger charge is 2.43. The van der Waals surface area contributed by atoms with Gasteiger partial charge in [-0.25, -0.2) is 39.1 Å². The normalized spacial score (nSPS) is 23.5. The molecule has 0 aliphatic carbocycles. The number of morpholine rings is 2. The molecule has 4 aromatic rings. The van der Waals surface area contributed by atoms with Crippen LogP contribution in [0.4, 0.5) is 11.9 Å². The highest BCUT2D eigenvalue weighted by Crippen LogP contribution is 2.26. The fourth-order valence-electron chi connectivity index (χ4n) is 11.7. The molecule has 2 aromatic heterocycles. The molecule has 3 aliphatic heterocycles. The van der Waals surface area contributed by atoms with Crippen molar-refractivity contribution in [3.63, 3.8) is 0 Å². The molecule has 0 unspecified atom stereocenters. The van der Waals surface area contributed by atoms with Crippen LogP contribution in [0.2, 0.25) is 0 Å². The van der Waals surface area contributed by atoms with Crippen molar-refractivity contribution in [1.82, 2.24) is 39.5 Å². The summed E-state index contributed by atoms with van der Waals surface area (Å²) in [7, 11) is 5.58. The van der Waals surface area contributed by atoms with Crippen LogP contribution in [0, 0.1) is 23.7 Å². The van der Waals surface area contributed by atoms with Gasteiger partial charge in [0.15, 0.2) is 24.4 Å². The lowest BCUT2D eigenvalue weighted by Crippen LogP contribution is -2.55. The third kappa shape index (κ3) is 20.4. The van der Waals surface area contributed by atoms with E-state index in [-0.39, 0.29) is 62.2 Å². The van der Waals surface area contributed by atoms with E-state index in [1.807, 2.05) is 104 Å². The van der Waals surface area contributed by atoms with Gasteiger partial charge in [0, 0.05) is 105 Å². The van der Waals surface area contributed by atoms with Gasteiger partial charge in [0.2, 0.25) is 11.9 Å². The number of likely N-dealkylation sites (N-methyl/N-ethyl adjacent to an activating group) is 4. The molecule has 512 valence electrons. The topological polar surface area (TPSA) is 263 Å². The largest absolute Gasteiger partial charge is 0.451 e. The Bertz CT molecular complexity index is 2950. The van der Waals surface area contributed by atoms with Crippen molar-refractivity contribution < 1.29 is 66.8 Å². The van der Waals surface area contributed by atoms with Crippen LogP contribution in [0.1, 0.15) is 128 Å². The number of rotatable bonds is 18. The summed E-state index contributed by atoms with van der Waals surface area (Å²) in [5, 5.41) is 0. The number of anilines is 2. The minimum absolute atomic E-state index is 0.0690. The van der Waals surface area contributed by atoms with Crippen molar-refractivity contribution in [1.29, 1.82) is 0 Å². The van der Waals surface area contributed by atoms with E-state index in [1.54, 1.807) is 24.8 Å².